The first-order valence-electron chi connectivity index (χ1n) is 10.2. The fourth-order valence-electron chi connectivity index (χ4n) is 4.25. The van der Waals surface area contributed by atoms with Crippen molar-refractivity contribution >= 4 is 0 Å². The van der Waals surface area contributed by atoms with Gasteiger partial charge in [0, 0.05) is 6.61 Å². The zero-order valence-electron chi connectivity index (χ0n) is 15.8. The van der Waals surface area contributed by atoms with Gasteiger partial charge in [0.15, 0.2) is 6.29 Å². The molecule has 1 aliphatic heterocycles. The maximum absolute atomic E-state index is 8.92. The normalized spacial score (nSPS) is 25.7. The van der Waals surface area contributed by atoms with Crippen molar-refractivity contribution in [1.82, 2.24) is 0 Å². The lowest BCUT2D eigenvalue weighted by atomic mass is 9.82. The monoisotopic (exact) mass is 361 g/mol. The van der Waals surface area contributed by atoms with E-state index in [0.717, 1.165) is 31.4 Å². The van der Waals surface area contributed by atoms with Gasteiger partial charge in [0.1, 0.15) is 0 Å². The fourth-order valence-corrected chi connectivity index (χ4v) is 4.25. The zero-order valence-corrected chi connectivity index (χ0v) is 15.8. The molecule has 1 heterocycles. The van der Waals surface area contributed by atoms with E-state index >= 15 is 0 Å². The molecule has 0 radical (unpaired) electrons. The van der Waals surface area contributed by atoms with Gasteiger partial charge in [0.2, 0.25) is 0 Å². The molecule has 1 aliphatic carbocycles. The smallest absolute Gasteiger partial charge is 0.157 e. The standard InChI is InChI=1S/C24H27NO2/c25-17-18-4-6-19(7-5-18)20-8-10-21(11-9-20)22-12-14-23(15-13-22)27-24-3-1-2-16-26-24/h4-11,22-24H,1-3,12-16H2. The third kappa shape index (κ3) is 4.58. The summed E-state index contributed by atoms with van der Waals surface area (Å²) < 4.78 is 11.9. The topological polar surface area (TPSA) is 42.2 Å². The van der Waals surface area contributed by atoms with E-state index in [9.17, 15) is 0 Å². The highest BCUT2D eigenvalue weighted by Gasteiger charge is 2.26. The van der Waals surface area contributed by atoms with Gasteiger partial charge in [-0.3, -0.25) is 0 Å². The van der Waals surface area contributed by atoms with E-state index in [1.807, 2.05) is 24.3 Å². The Morgan fingerprint density at radius 3 is 2.07 bits per heavy atom. The molecule has 1 saturated carbocycles. The number of nitriles is 1. The molecular weight excluding hydrogens is 334 g/mol. The van der Waals surface area contributed by atoms with Gasteiger partial charge in [-0.15, -0.1) is 0 Å². The Balaban J connectivity index is 1.32. The Hall–Kier alpha value is -2.15. The van der Waals surface area contributed by atoms with Gasteiger partial charge >= 0.3 is 0 Å². The Kier molecular flexibility index (Phi) is 5.87. The van der Waals surface area contributed by atoms with Crippen LogP contribution in [0.1, 0.15) is 62.0 Å². The molecule has 3 nitrogen and oxygen atoms in total. The van der Waals surface area contributed by atoms with Crippen molar-refractivity contribution in [2.75, 3.05) is 6.61 Å². The van der Waals surface area contributed by atoms with Gasteiger partial charge in [0.25, 0.3) is 0 Å². The van der Waals surface area contributed by atoms with Crippen LogP contribution in [0.3, 0.4) is 0 Å². The van der Waals surface area contributed by atoms with Crippen LogP contribution in [-0.2, 0) is 9.47 Å². The van der Waals surface area contributed by atoms with E-state index in [1.165, 1.54) is 36.8 Å². The number of rotatable bonds is 4. The van der Waals surface area contributed by atoms with Crippen LogP contribution in [-0.4, -0.2) is 19.0 Å². The number of hydrogen-bond acceptors (Lipinski definition) is 3. The molecule has 2 aromatic rings. The summed E-state index contributed by atoms with van der Waals surface area (Å²) in [6.45, 7) is 0.853. The molecule has 1 saturated heterocycles. The maximum Gasteiger partial charge on any atom is 0.157 e. The van der Waals surface area contributed by atoms with E-state index < -0.39 is 0 Å². The van der Waals surface area contributed by atoms with Gasteiger partial charge in [-0.05, 0) is 79.7 Å². The van der Waals surface area contributed by atoms with Gasteiger partial charge in [-0.1, -0.05) is 36.4 Å². The Bertz CT molecular complexity index is 762. The van der Waals surface area contributed by atoms with Crippen LogP contribution >= 0.6 is 0 Å². The van der Waals surface area contributed by atoms with Gasteiger partial charge < -0.3 is 9.47 Å². The second-order valence-electron chi connectivity index (χ2n) is 7.72. The van der Waals surface area contributed by atoms with Crippen molar-refractivity contribution < 1.29 is 9.47 Å². The molecule has 1 atom stereocenters. The van der Waals surface area contributed by atoms with Gasteiger partial charge in [0.05, 0.1) is 17.7 Å². The molecule has 0 amide bonds. The molecule has 0 N–H and O–H groups in total. The number of nitrogens with zero attached hydrogens (tertiary/aromatic N) is 1. The molecule has 140 valence electrons. The number of hydrogen-bond donors (Lipinski definition) is 0. The van der Waals surface area contributed by atoms with Crippen molar-refractivity contribution in [3.63, 3.8) is 0 Å². The molecule has 2 aromatic carbocycles. The summed E-state index contributed by atoms with van der Waals surface area (Å²) in [6.07, 6.45) is 8.48. The van der Waals surface area contributed by atoms with E-state index in [-0.39, 0.29) is 6.29 Å². The SMILES string of the molecule is N#Cc1ccc(-c2ccc(C3CCC(OC4CCCCO4)CC3)cc2)cc1. The predicted molar refractivity (Wildman–Crippen MR) is 106 cm³/mol. The summed E-state index contributed by atoms with van der Waals surface area (Å²) in [5.41, 5.74) is 4.49. The second-order valence-corrected chi connectivity index (χ2v) is 7.72. The van der Waals surface area contributed by atoms with Gasteiger partial charge in [-0.25, -0.2) is 0 Å². The van der Waals surface area contributed by atoms with Crippen LogP contribution in [0.25, 0.3) is 11.1 Å². The van der Waals surface area contributed by atoms with Gasteiger partial charge in [-0.2, -0.15) is 5.26 Å². The highest BCUT2D eigenvalue weighted by molar-refractivity contribution is 5.64. The van der Waals surface area contributed by atoms with Crippen molar-refractivity contribution in [2.24, 2.45) is 0 Å². The maximum atomic E-state index is 8.92. The minimum absolute atomic E-state index is 0.0343. The van der Waals surface area contributed by atoms with Crippen LogP contribution in [0.5, 0.6) is 0 Å². The van der Waals surface area contributed by atoms with E-state index in [4.69, 9.17) is 14.7 Å². The predicted octanol–water partition coefficient (Wildman–Crippen LogP) is 5.79. The van der Waals surface area contributed by atoms with E-state index in [1.54, 1.807) is 0 Å². The summed E-state index contributed by atoms with van der Waals surface area (Å²) >= 11 is 0. The van der Waals surface area contributed by atoms with Crippen LogP contribution in [0.2, 0.25) is 0 Å². The third-order valence-electron chi connectivity index (χ3n) is 5.89. The minimum atomic E-state index is 0.0343. The Morgan fingerprint density at radius 2 is 1.48 bits per heavy atom. The molecule has 2 aliphatic rings. The summed E-state index contributed by atoms with van der Waals surface area (Å²) in [5.74, 6) is 0.632. The lowest BCUT2D eigenvalue weighted by Gasteiger charge is -2.33. The first kappa shape index (κ1) is 18.2. The summed E-state index contributed by atoms with van der Waals surface area (Å²) in [7, 11) is 0. The van der Waals surface area contributed by atoms with Crippen molar-refractivity contribution in [3.05, 3.63) is 59.7 Å². The van der Waals surface area contributed by atoms with Crippen LogP contribution < -0.4 is 0 Å². The zero-order chi connectivity index (χ0) is 18.5. The molecule has 3 heteroatoms. The largest absolute Gasteiger partial charge is 0.353 e. The molecule has 27 heavy (non-hydrogen) atoms. The van der Waals surface area contributed by atoms with E-state index in [2.05, 4.69) is 30.3 Å². The van der Waals surface area contributed by atoms with Crippen LogP contribution in [0.15, 0.2) is 48.5 Å². The minimum Gasteiger partial charge on any atom is -0.353 e. The molecule has 0 bridgehead atoms. The average molecular weight is 361 g/mol. The Labute approximate surface area is 161 Å². The molecule has 1 unspecified atom stereocenters. The highest BCUT2D eigenvalue weighted by Crippen LogP contribution is 2.35. The quantitative estimate of drug-likeness (QED) is 0.691. The lowest BCUT2D eigenvalue weighted by Crippen LogP contribution is -2.30. The second kappa shape index (κ2) is 8.69. The average Bonchev–Trinajstić information content (AvgIpc) is 2.75. The van der Waals surface area contributed by atoms with Crippen molar-refractivity contribution in [2.45, 2.75) is 63.3 Å². The number of ether oxygens (including phenoxy) is 2. The van der Waals surface area contributed by atoms with Crippen LogP contribution in [0.4, 0.5) is 0 Å². The molecule has 0 aromatic heterocycles. The fraction of sp³-hybridized carbons (Fsp3) is 0.458. The van der Waals surface area contributed by atoms with Crippen LogP contribution in [0, 0.1) is 11.3 Å². The molecular formula is C24H27NO2. The first-order chi connectivity index (χ1) is 13.3. The van der Waals surface area contributed by atoms with Crippen molar-refractivity contribution in [3.8, 4) is 17.2 Å². The molecule has 2 fully saturated rings. The molecule has 4 rings (SSSR count). The Morgan fingerprint density at radius 1 is 0.815 bits per heavy atom. The summed E-state index contributed by atoms with van der Waals surface area (Å²) in [6, 6.07) is 18.9. The van der Waals surface area contributed by atoms with Crippen molar-refractivity contribution in [1.29, 1.82) is 5.26 Å². The molecule has 0 spiro atoms. The van der Waals surface area contributed by atoms with E-state index in [0.29, 0.717) is 17.6 Å². The first-order valence-corrected chi connectivity index (χ1v) is 10.2. The number of benzene rings is 2. The lowest BCUT2D eigenvalue weighted by molar-refractivity contribution is -0.193. The highest BCUT2D eigenvalue weighted by atomic mass is 16.7. The summed E-state index contributed by atoms with van der Waals surface area (Å²) in [5, 5.41) is 8.92. The third-order valence-corrected chi connectivity index (χ3v) is 5.89. The summed E-state index contributed by atoms with van der Waals surface area (Å²) in [4.78, 5) is 0.